The molecule has 96 valence electrons. The van der Waals surface area contributed by atoms with Crippen LogP contribution in [0.2, 0.25) is 0 Å². The van der Waals surface area contributed by atoms with E-state index in [0.717, 1.165) is 11.3 Å². The van der Waals surface area contributed by atoms with Crippen LogP contribution in [0.15, 0.2) is 6.20 Å². The summed E-state index contributed by atoms with van der Waals surface area (Å²) in [7, 11) is 1.90. The van der Waals surface area contributed by atoms with Gasteiger partial charge in [0.1, 0.15) is 0 Å². The molecular formula is C12H21N3OS. The lowest BCUT2D eigenvalue weighted by atomic mass is 10.1. The summed E-state index contributed by atoms with van der Waals surface area (Å²) >= 11 is 1.65. The highest BCUT2D eigenvalue weighted by atomic mass is 32.2. The molecule has 0 spiro atoms. The maximum Gasteiger partial charge on any atom is 0.230 e. The number of carbonyl (C=O) groups is 1. The van der Waals surface area contributed by atoms with Gasteiger partial charge in [-0.15, -0.1) is 11.8 Å². The molecule has 0 aromatic carbocycles. The molecular weight excluding hydrogens is 234 g/mol. The third-order valence-corrected chi connectivity index (χ3v) is 3.76. The fourth-order valence-corrected chi connectivity index (χ4v) is 2.11. The Kier molecular flexibility index (Phi) is 5.05. The third kappa shape index (κ3) is 4.07. The summed E-state index contributed by atoms with van der Waals surface area (Å²) in [6.07, 6.45) is 1.82. The molecule has 0 saturated carbocycles. The Morgan fingerprint density at radius 2 is 2.18 bits per heavy atom. The summed E-state index contributed by atoms with van der Waals surface area (Å²) in [6, 6.07) is 0.0176. The van der Waals surface area contributed by atoms with Crippen LogP contribution < -0.4 is 5.32 Å². The molecule has 0 bridgehead atoms. The Bertz CT molecular complexity index is 387. The second kappa shape index (κ2) is 6.10. The van der Waals surface area contributed by atoms with E-state index in [-0.39, 0.29) is 11.9 Å². The monoisotopic (exact) mass is 255 g/mol. The molecule has 0 aliphatic carbocycles. The summed E-state index contributed by atoms with van der Waals surface area (Å²) in [4.78, 5) is 11.7. The van der Waals surface area contributed by atoms with Gasteiger partial charge in [-0.1, -0.05) is 13.8 Å². The molecule has 1 aromatic rings. The molecule has 17 heavy (non-hydrogen) atoms. The first-order valence-corrected chi connectivity index (χ1v) is 6.86. The van der Waals surface area contributed by atoms with Crippen LogP contribution >= 0.6 is 11.8 Å². The second-order valence-electron chi connectivity index (χ2n) is 4.46. The van der Waals surface area contributed by atoms with E-state index in [1.807, 2.05) is 31.8 Å². The molecule has 1 aromatic heterocycles. The van der Waals surface area contributed by atoms with Crippen LogP contribution in [-0.2, 0) is 11.8 Å². The van der Waals surface area contributed by atoms with Gasteiger partial charge in [0.2, 0.25) is 5.91 Å². The number of rotatable bonds is 5. The van der Waals surface area contributed by atoms with Crippen molar-refractivity contribution in [2.24, 2.45) is 7.05 Å². The van der Waals surface area contributed by atoms with Gasteiger partial charge in [-0.2, -0.15) is 5.10 Å². The number of carbonyl (C=O) groups excluding carboxylic acids is 1. The van der Waals surface area contributed by atoms with Gasteiger partial charge in [-0.3, -0.25) is 9.48 Å². The predicted molar refractivity (Wildman–Crippen MR) is 72.1 cm³/mol. The van der Waals surface area contributed by atoms with Gasteiger partial charge in [0.25, 0.3) is 0 Å². The molecule has 5 heteroatoms. The molecule has 4 nitrogen and oxygen atoms in total. The van der Waals surface area contributed by atoms with Crippen molar-refractivity contribution in [1.82, 2.24) is 15.1 Å². The van der Waals surface area contributed by atoms with Crippen LogP contribution in [0.3, 0.4) is 0 Å². The molecule has 1 unspecified atom stereocenters. The highest BCUT2D eigenvalue weighted by molar-refractivity contribution is 8.00. The number of aromatic nitrogens is 2. The van der Waals surface area contributed by atoms with Gasteiger partial charge >= 0.3 is 0 Å². The van der Waals surface area contributed by atoms with Crippen LogP contribution in [-0.4, -0.2) is 26.7 Å². The van der Waals surface area contributed by atoms with Gasteiger partial charge in [-0.05, 0) is 19.1 Å². The minimum atomic E-state index is 0.0176. The Hall–Kier alpha value is -0.970. The number of thioether (sulfide) groups is 1. The average molecular weight is 255 g/mol. The zero-order valence-corrected chi connectivity index (χ0v) is 12.0. The van der Waals surface area contributed by atoms with E-state index in [4.69, 9.17) is 0 Å². The Morgan fingerprint density at radius 1 is 1.53 bits per heavy atom. The lowest BCUT2D eigenvalue weighted by Crippen LogP contribution is -2.28. The van der Waals surface area contributed by atoms with Crippen molar-refractivity contribution in [3.8, 4) is 0 Å². The molecule has 1 amide bonds. The first kappa shape index (κ1) is 14.1. The smallest absolute Gasteiger partial charge is 0.230 e. The first-order valence-electron chi connectivity index (χ1n) is 5.81. The fourth-order valence-electron chi connectivity index (χ4n) is 1.54. The normalized spacial score (nSPS) is 12.8. The van der Waals surface area contributed by atoms with E-state index < -0.39 is 0 Å². The predicted octanol–water partition coefficient (Wildman–Crippen LogP) is 2.05. The Morgan fingerprint density at radius 3 is 2.65 bits per heavy atom. The standard InChI is InChI=1S/C12H21N3OS/c1-8(2)17-7-12(16)14-9(3)11-6-13-15(5)10(11)4/h6,8-9H,7H2,1-5H3,(H,14,16). The zero-order chi connectivity index (χ0) is 13.0. The van der Waals surface area contributed by atoms with Gasteiger partial charge in [0.15, 0.2) is 0 Å². The number of amides is 1. The maximum absolute atomic E-state index is 11.7. The van der Waals surface area contributed by atoms with E-state index in [1.54, 1.807) is 11.8 Å². The van der Waals surface area contributed by atoms with Crippen LogP contribution in [0, 0.1) is 6.92 Å². The maximum atomic E-state index is 11.7. The van der Waals surface area contributed by atoms with Gasteiger partial charge in [-0.25, -0.2) is 0 Å². The van der Waals surface area contributed by atoms with Crippen LogP contribution in [0.1, 0.15) is 38.1 Å². The van der Waals surface area contributed by atoms with Crippen molar-refractivity contribution < 1.29 is 4.79 Å². The largest absolute Gasteiger partial charge is 0.349 e. The van der Waals surface area contributed by atoms with Crippen molar-refractivity contribution in [2.45, 2.75) is 39.0 Å². The molecule has 1 atom stereocenters. The molecule has 1 rings (SSSR count). The van der Waals surface area contributed by atoms with E-state index >= 15 is 0 Å². The number of hydrogen-bond donors (Lipinski definition) is 1. The minimum absolute atomic E-state index is 0.0176. The number of nitrogens with zero attached hydrogens (tertiary/aromatic N) is 2. The lowest BCUT2D eigenvalue weighted by molar-refractivity contribution is -0.119. The lowest BCUT2D eigenvalue weighted by Gasteiger charge is -2.14. The number of aryl methyl sites for hydroxylation is 1. The SMILES string of the molecule is Cc1c(C(C)NC(=O)CSC(C)C)cnn1C. The van der Waals surface area contributed by atoms with E-state index in [1.165, 1.54) is 0 Å². The van der Waals surface area contributed by atoms with E-state index in [9.17, 15) is 4.79 Å². The van der Waals surface area contributed by atoms with Crippen molar-refractivity contribution in [3.05, 3.63) is 17.5 Å². The topological polar surface area (TPSA) is 46.9 Å². The fraction of sp³-hybridized carbons (Fsp3) is 0.667. The van der Waals surface area contributed by atoms with Gasteiger partial charge < -0.3 is 5.32 Å². The van der Waals surface area contributed by atoms with Crippen molar-refractivity contribution in [1.29, 1.82) is 0 Å². The third-order valence-electron chi connectivity index (χ3n) is 2.66. The Balaban J connectivity index is 2.52. The number of nitrogens with one attached hydrogen (secondary N) is 1. The van der Waals surface area contributed by atoms with Crippen molar-refractivity contribution in [2.75, 3.05) is 5.75 Å². The molecule has 1 heterocycles. The van der Waals surface area contributed by atoms with Crippen LogP contribution in [0.5, 0.6) is 0 Å². The van der Waals surface area contributed by atoms with E-state index in [0.29, 0.717) is 11.0 Å². The number of hydrogen-bond acceptors (Lipinski definition) is 3. The van der Waals surface area contributed by atoms with Crippen molar-refractivity contribution >= 4 is 17.7 Å². The van der Waals surface area contributed by atoms with Crippen molar-refractivity contribution in [3.63, 3.8) is 0 Å². The summed E-state index contributed by atoms with van der Waals surface area (Å²) in [6.45, 7) is 8.18. The van der Waals surface area contributed by atoms with Gasteiger partial charge in [0, 0.05) is 18.3 Å². The molecule has 0 aliphatic rings. The highest BCUT2D eigenvalue weighted by Gasteiger charge is 2.14. The molecule has 1 N–H and O–H groups in total. The summed E-state index contributed by atoms with van der Waals surface area (Å²) < 4.78 is 1.82. The molecule has 0 aliphatic heterocycles. The first-order chi connectivity index (χ1) is 7.91. The van der Waals surface area contributed by atoms with E-state index in [2.05, 4.69) is 24.3 Å². The quantitative estimate of drug-likeness (QED) is 0.876. The molecule has 0 saturated heterocycles. The van der Waals surface area contributed by atoms with Crippen LogP contribution in [0.25, 0.3) is 0 Å². The average Bonchev–Trinajstić information content (AvgIpc) is 2.57. The zero-order valence-electron chi connectivity index (χ0n) is 11.2. The summed E-state index contributed by atoms with van der Waals surface area (Å²) in [5, 5.41) is 7.65. The second-order valence-corrected chi connectivity index (χ2v) is 6.02. The van der Waals surface area contributed by atoms with Gasteiger partial charge in [0.05, 0.1) is 18.0 Å². The Labute approximate surface area is 107 Å². The molecule has 0 radical (unpaired) electrons. The molecule has 0 fully saturated rings. The minimum Gasteiger partial charge on any atom is -0.349 e. The van der Waals surface area contributed by atoms with Crippen LogP contribution in [0.4, 0.5) is 0 Å². The summed E-state index contributed by atoms with van der Waals surface area (Å²) in [5.41, 5.74) is 2.17. The highest BCUT2D eigenvalue weighted by Crippen LogP contribution is 2.16. The summed E-state index contributed by atoms with van der Waals surface area (Å²) in [5.74, 6) is 0.598.